The number of nitrogens with zero attached hydrogens (tertiary/aromatic N) is 2. The Morgan fingerprint density at radius 2 is 2.08 bits per heavy atom. The van der Waals surface area contributed by atoms with Crippen LogP contribution in [0, 0.1) is 0 Å². The molecule has 0 aromatic heterocycles. The van der Waals surface area contributed by atoms with Crippen LogP contribution in [0.4, 0.5) is 0 Å². The highest BCUT2D eigenvalue weighted by Gasteiger charge is 2.19. The molecule has 1 radical (unpaired) electrons. The van der Waals surface area contributed by atoms with Crippen molar-refractivity contribution in [2.75, 3.05) is 39.8 Å². The van der Waals surface area contributed by atoms with E-state index < -0.39 is 0 Å². The summed E-state index contributed by atoms with van der Waals surface area (Å²) in [4.78, 5) is 2.57. The Kier molecular flexibility index (Phi) is 5.35. The van der Waals surface area contributed by atoms with Gasteiger partial charge < -0.3 is 5.32 Å². The summed E-state index contributed by atoms with van der Waals surface area (Å²) < 4.78 is 0. The molecule has 0 bridgehead atoms. The molecule has 0 saturated carbocycles. The summed E-state index contributed by atoms with van der Waals surface area (Å²) in [6, 6.07) is 0.788. The fourth-order valence-electron chi connectivity index (χ4n) is 1.96. The molecule has 0 unspecified atom stereocenters. The van der Waals surface area contributed by atoms with Crippen LogP contribution in [-0.4, -0.2) is 50.7 Å². The molecule has 0 aliphatic carbocycles. The van der Waals surface area contributed by atoms with E-state index in [9.17, 15) is 0 Å². The van der Waals surface area contributed by atoms with Gasteiger partial charge in [-0.3, -0.25) is 4.90 Å². The molecule has 1 saturated heterocycles. The van der Waals surface area contributed by atoms with E-state index in [0.29, 0.717) is 0 Å². The summed E-state index contributed by atoms with van der Waals surface area (Å²) in [6.07, 6.45) is 2.52. The lowest BCUT2D eigenvalue weighted by Crippen LogP contribution is -2.43. The number of rotatable bonds is 5. The highest BCUT2D eigenvalue weighted by atomic mass is 15.2. The maximum atomic E-state index is 4.38. The Bertz CT molecular complexity index is 121. The molecule has 77 valence electrons. The topological polar surface area (TPSA) is 29.4 Å². The minimum Gasteiger partial charge on any atom is -0.318 e. The first-order valence-electron chi connectivity index (χ1n) is 5.40. The second-order valence-electron chi connectivity index (χ2n) is 3.63. The lowest BCUT2D eigenvalue weighted by molar-refractivity contribution is 0.171. The van der Waals surface area contributed by atoms with Crippen LogP contribution >= 0.6 is 0 Å². The van der Waals surface area contributed by atoms with Gasteiger partial charge in [0, 0.05) is 32.2 Å². The smallest absolute Gasteiger partial charge is 0.0148 e. The fraction of sp³-hybridized carbons (Fsp3) is 1.00. The molecule has 1 heterocycles. The molecule has 0 aromatic rings. The van der Waals surface area contributed by atoms with Gasteiger partial charge in [-0.25, -0.2) is 5.32 Å². The molecule has 0 amide bonds. The second-order valence-corrected chi connectivity index (χ2v) is 3.63. The molecular weight excluding hydrogens is 162 g/mol. The molecule has 0 spiro atoms. The van der Waals surface area contributed by atoms with Crippen LogP contribution in [0.25, 0.3) is 0 Å². The second kappa shape index (κ2) is 6.35. The molecule has 1 aliphatic rings. The lowest BCUT2D eigenvalue weighted by Gasteiger charge is -2.33. The Morgan fingerprint density at radius 1 is 1.38 bits per heavy atom. The van der Waals surface area contributed by atoms with Crippen LogP contribution in [0.2, 0.25) is 0 Å². The van der Waals surface area contributed by atoms with Crippen LogP contribution in [0.5, 0.6) is 0 Å². The lowest BCUT2D eigenvalue weighted by atomic mass is 10.1. The summed E-state index contributed by atoms with van der Waals surface area (Å²) in [5.41, 5.74) is 0. The maximum absolute atomic E-state index is 4.38. The minimum atomic E-state index is 0.788. The molecule has 3 nitrogen and oxygen atoms in total. The van der Waals surface area contributed by atoms with Crippen molar-refractivity contribution in [2.45, 2.75) is 25.8 Å². The quantitative estimate of drug-likeness (QED) is 0.665. The molecule has 13 heavy (non-hydrogen) atoms. The summed E-state index contributed by atoms with van der Waals surface area (Å²) in [7, 11) is 2.02. The highest BCUT2D eigenvalue weighted by Crippen LogP contribution is 2.11. The van der Waals surface area contributed by atoms with Crippen LogP contribution in [0.3, 0.4) is 0 Å². The van der Waals surface area contributed by atoms with Gasteiger partial charge in [0.1, 0.15) is 0 Å². The minimum absolute atomic E-state index is 0.788. The maximum Gasteiger partial charge on any atom is 0.0148 e. The first-order chi connectivity index (χ1) is 6.38. The van der Waals surface area contributed by atoms with E-state index in [0.717, 1.165) is 25.7 Å². The summed E-state index contributed by atoms with van der Waals surface area (Å²) in [6.45, 7) is 7.84. The van der Waals surface area contributed by atoms with Gasteiger partial charge in [0.2, 0.25) is 0 Å². The van der Waals surface area contributed by atoms with E-state index in [2.05, 4.69) is 22.5 Å². The zero-order valence-corrected chi connectivity index (χ0v) is 8.92. The third kappa shape index (κ3) is 3.63. The fourth-order valence-corrected chi connectivity index (χ4v) is 1.96. The van der Waals surface area contributed by atoms with Gasteiger partial charge in [-0.1, -0.05) is 6.92 Å². The third-order valence-corrected chi connectivity index (χ3v) is 2.81. The van der Waals surface area contributed by atoms with E-state index >= 15 is 0 Å². The zero-order chi connectivity index (χ0) is 9.52. The number of likely N-dealkylation sites (N-methyl/N-ethyl adjacent to an activating group) is 2. The van der Waals surface area contributed by atoms with Crippen molar-refractivity contribution in [3.05, 3.63) is 0 Å². The first kappa shape index (κ1) is 11.0. The monoisotopic (exact) mass is 184 g/mol. The Morgan fingerprint density at radius 3 is 2.62 bits per heavy atom. The van der Waals surface area contributed by atoms with Crippen molar-refractivity contribution >= 4 is 0 Å². The molecule has 1 N–H and O–H groups in total. The van der Waals surface area contributed by atoms with Gasteiger partial charge in [-0.2, -0.15) is 0 Å². The van der Waals surface area contributed by atoms with Crippen molar-refractivity contribution in [1.82, 2.24) is 15.5 Å². The number of hydrogen-bond donors (Lipinski definition) is 1. The van der Waals surface area contributed by atoms with Gasteiger partial charge in [0.05, 0.1) is 0 Å². The molecule has 1 rings (SSSR count). The predicted octanol–water partition coefficient (Wildman–Crippen LogP) is 0.295. The Balaban J connectivity index is 2.26. The normalized spacial score (nSPS) is 19.6. The highest BCUT2D eigenvalue weighted by molar-refractivity contribution is 4.77. The first-order valence-corrected chi connectivity index (χ1v) is 5.40. The Labute approximate surface area is 81.9 Å². The number of nitrogens with one attached hydrogen (secondary N) is 1. The van der Waals surface area contributed by atoms with Gasteiger partial charge in [0.15, 0.2) is 0 Å². The molecular formula is C10H22N3. The predicted molar refractivity (Wildman–Crippen MR) is 56.1 cm³/mol. The van der Waals surface area contributed by atoms with Gasteiger partial charge in [0.25, 0.3) is 0 Å². The summed E-state index contributed by atoms with van der Waals surface area (Å²) in [5, 5.41) is 7.59. The van der Waals surface area contributed by atoms with E-state index in [4.69, 9.17) is 0 Å². The SMILES string of the molecule is CCN(CCNC)C1CC[N]CC1. The van der Waals surface area contributed by atoms with Crippen molar-refractivity contribution in [3.63, 3.8) is 0 Å². The molecule has 1 fully saturated rings. The van der Waals surface area contributed by atoms with Gasteiger partial charge in [-0.15, -0.1) is 0 Å². The van der Waals surface area contributed by atoms with Crippen molar-refractivity contribution in [1.29, 1.82) is 0 Å². The van der Waals surface area contributed by atoms with E-state index in [-0.39, 0.29) is 0 Å². The number of hydrogen-bond acceptors (Lipinski definition) is 2. The van der Waals surface area contributed by atoms with Crippen molar-refractivity contribution in [2.24, 2.45) is 0 Å². The average molecular weight is 184 g/mol. The number of piperidine rings is 1. The molecule has 1 aliphatic heterocycles. The van der Waals surface area contributed by atoms with Gasteiger partial charge in [-0.05, 0) is 26.4 Å². The van der Waals surface area contributed by atoms with Crippen LogP contribution in [0.1, 0.15) is 19.8 Å². The third-order valence-electron chi connectivity index (χ3n) is 2.81. The Hall–Kier alpha value is -0.120. The van der Waals surface area contributed by atoms with Crippen LogP contribution in [-0.2, 0) is 0 Å². The summed E-state index contributed by atoms with van der Waals surface area (Å²) in [5.74, 6) is 0. The molecule has 0 atom stereocenters. The average Bonchev–Trinajstić information content (AvgIpc) is 2.21. The zero-order valence-electron chi connectivity index (χ0n) is 8.92. The molecule has 3 heteroatoms. The van der Waals surface area contributed by atoms with Crippen LogP contribution < -0.4 is 10.6 Å². The standard InChI is InChI=1S/C10H22N3/c1-3-13(9-8-11-2)10-4-6-12-7-5-10/h10-11H,3-9H2,1-2H3. The summed E-state index contributed by atoms with van der Waals surface area (Å²) >= 11 is 0. The van der Waals surface area contributed by atoms with E-state index in [1.807, 2.05) is 7.05 Å². The van der Waals surface area contributed by atoms with E-state index in [1.54, 1.807) is 0 Å². The largest absolute Gasteiger partial charge is 0.318 e. The molecule has 0 aromatic carbocycles. The van der Waals surface area contributed by atoms with Crippen LogP contribution in [0.15, 0.2) is 0 Å². The van der Waals surface area contributed by atoms with Crippen molar-refractivity contribution < 1.29 is 0 Å². The van der Waals surface area contributed by atoms with Crippen molar-refractivity contribution in [3.8, 4) is 0 Å². The van der Waals surface area contributed by atoms with E-state index in [1.165, 1.54) is 25.9 Å². The van der Waals surface area contributed by atoms with Gasteiger partial charge >= 0.3 is 0 Å².